The van der Waals surface area contributed by atoms with E-state index in [1.807, 2.05) is 0 Å². The number of carbonyl (C=O) groups excluding carboxylic acids is 4. The maximum absolute atomic E-state index is 15.8. The van der Waals surface area contributed by atoms with Gasteiger partial charge >= 0.3 is 6.03 Å². The number of amides is 5. The summed E-state index contributed by atoms with van der Waals surface area (Å²) < 4.78 is 26.8. The maximum Gasteiger partial charge on any atom is 0.328 e. The molecule has 1 aromatic carbocycles. The summed E-state index contributed by atoms with van der Waals surface area (Å²) in [5.41, 5.74) is -1.47. The lowest BCUT2D eigenvalue weighted by atomic mass is 9.66. The Morgan fingerprint density at radius 1 is 1.33 bits per heavy atom. The summed E-state index contributed by atoms with van der Waals surface area (Å²) in [5.74, 6) is -2.73. The Labute approximate surface area is 187 Å². The summed E-state index contributed by atoms with van der Waals surface area (Å²) in [5, 5.41) is 8.31. The number of aromatic nitrogens is 1. The predicted octanol–water partition coefficient (Wildman–Crippen LogP) is 0.561. The van der Waals surface area contributed by atoms with Crippen LogP contribution in [0.2, 0.25) is 0 Å². The lowest BCUT2D eigenvalue weighted by molar-refractivity contribution is -0.151. The number of morpholine rings is 1. The van der Waals surface area contributed by atoms with Crippen molar-refractivity contribution in [2.75, 3.05) is 31.6 Å². The topological polar surface area (TPSA) is 134 Å². The van der Waals surface area contributed by atoms with E-state index in [0.29, 0.717) is 12.1 Å². The van der Waals surface area contributed by atoms with Gasteiger partial charge in [-0.15, -0.1) is 0 Å². The van der Waals surface area contributed by atoms with E-state index >= 15 is 4.39 Å². The number of urea groups is 1. The second-order valence-corrected chi connectivity index (χ2v) is 8.53. The van der Waals surface area contributed by atoms with Crippen LogP contribution in [0.15, 0.2) is 10.6 Å². The Morgan fingerprint density at radius 2 is 2.03 bits per heavy atom. The molecule has 11 nitrogen and oxygen atoms in total. The van der Waals surface area contributed by atoms with Crippen molar-refractivity contribution < 1.29 is 32.8 Å². The van der Waals surface area contributed by atoms with Crippen LogP contribution in [0, 0.1) is 11.2 Å². The molecule has 2 atom stereocenters. The molecule has 0 unspecified atom stereocenters. The van der Waals surface area contributed by atoms with Crippen molar-refractivity contribution in [2.45, 2.75) is 32.4 Å². The lowest BCUT2D eigenvalue weighted by Gasteiger charge is -2.54. The van der Waals surface area contributed by atoms with E-state index < -0.39 is 47.1 Å². The van der Waals surface area contributed by atoms with Gasteiger partial charge < -0.3 is 19.1 Å². The molecule has 4 heterocycles. The van der Waals surface area contributed by atoms with Crippen molar-refractivity contribution in [3.05, 3.63) is 23.1 Å². The third kappa shape index (κ3) is 2.79. The van der Waals surface area contributed by atoms with Gasteiger partial charge in [0.2, 0.25) is 17.4 Å². The van der Waals surface area contributed by atoms with Crippen LogP contribution in [0.25, 0.3) is 11.0 Å². The molecule has 2 saturated heterocycles. The van der Waals surface area contributed by atoms with Crippen LogP contribution >= 0.6 is 0 Å². The van der Waals surface area contributed by atoms with Gasteiger partial charge in [-0.25, -0.2) is 9.18 Å². The molecule has 174 valence electrons. The molecule has 2 fully saturated rings. The van der Waals surface area contributed by atoms with Gasteiger partial charge in [0.15, 0.2) is 16.9 Å². The summed E-state index contributed by atoms with van der Waals surface area (Å²) in [4.78, 5) is 53.8. The summed E-state index contributed by atoms with van der Waals surface area (Å²) >= 11 is 0. The minimum Gasteiger partial charge on any atom is -0.374 e. The highest BCUT2D eigenvalue weighted by molar-refractivity contribution is 6.20. The highest BCUT2D eigenvalue weighted by Crippen LogP contribution is 2.48. The number of barbiturate groups is 1. The molecule has 0 aliphatic carbocycles. The smallest absolute Gasteiger partial charge is 0.328 e. The summed E-state index contributed by atoms with van der Waals surface area (Å²) in [6.45, 7) is 4.34. The second-order valence-electron chi connectivity index (χ2n) is 8.53. The highest BCUT2D eigenvalue weighted by atomic mass is 19.1. The number of halogens is 1. The standard InChI is InChI=1S/C21H22FN5O6/c1-4-26(3)17(28)13-11-7-10-8-21(18(29)23-20(31)24-19(21)30)16-9(2)32-6-5-27(16)14(10)12(22)15(11)33-25-13/h7,9,16H,4-6,8H2,1-3H3,(H2,23,24,29,30,31)/t9-,16+/m0/s1. The average Bonchev–Trinajstić information content (AvgIpc) is 3.20. The molecule has 1 spiro atoms. The molecule has 0 bridgehead atoms. The maximum atomic E-state index is 15.8. The van der Waals surface area contributed by atoms with Crippen LogP contribution in [0.1, 0.15) is 29.9 Å². The van der Waals surface area contributed by atoms with Crippen molar-refractivity contribution in [3.63, 3.8) is 0 Å². The lowest BCUT2D eigenvalue weighted by Crippen LogP contribution is -2.74. The number of imide groups is 2. The molecular formula is C21H22FN5O6. The molecule has 2 aromatic rings. The first kappa shape index (κ1) is 21.3. The quantitative estimate of drug-likeness (QED) is 0.623. The Bertz CT molecular complexity index is 1210. The first-order valence-corrected chi connectivity index (χ1v) is 10.6. The van der Waals surface area contributed by atoms with Crippen molar-refractivity contribution in [1.82, 2.24) is 20.7 Å². The second kappa shape index (κ2) is 7.24. The Kier molecular flexibility index (Phi) is 4.67. The zero-order valence-electron chi connectivity index (χ0n) is 18.2. The summed E-state index contributed by atoms with van der Waals surface area (Å²) in [6.07, 6.45) is -0.811. The van der Waals surface area contributed by atoms with Gasteiger partial charge in [-0.2, -0.15) is 0 Å². The minimum atomic E-state index is -1.73. The molecule has 0 radical (unpaired) electrons. The van der Waals surface area contributed by atoms with Gasteiger partial charge in [0, 0.05) is 26.6 Å². The van der Waals surface area contributed by atoms with Gasteiger partial charge in [0.25, 0.3) is 5.91 Å². The van der Waals surface area contributed by atoms with E-state index in [9.17, 15) is 19.2 Å². The number of anilines is 1. The van der Waals surface area contributed by atoms with Gasteiger partial charge in [-0.3, -0.25) is 25.0 Å². The zero-order chi connectivity index (χ0) is 23.7. The Balaban J connectivity index is 1.74. The fourth-order valence-electron chi connectivity index (χ4n) is 5.14. The van der Waals surface area contributed by atoms with Crippen molar-refractivity contribution in [3.8, 4) is 0 Å². The summed E-state index contributed by atoms with van der Waals surface area (Å²) in [7, 11) is 1.58. The third-order valence-corrected chi connectivity index (χ3v) is 6.80. The van der Waals surface area contributed by atoms with E-state index in [0.717, 1.165) is 0 Å². The van der Waals surface area contributed by atoms with Crippen molar-refractivity contribution in [2.24, 2.45) is 5.41 Å². The number of nitrogens with zero attached hydrogens (tertiary/aromatic N) is 3. The van der Waals surface area contributed by atoms with E-state index in [1.54, 1.807) is 25.8 Å². The van der Waals surface area contributed by atoms with Crippen molar-refractivity contribution >= 4 is 40.4 Å². The van der Waals surface area contributed by atoms with Gasteiger partial charge in [0.05, 0.1) is 29.8 Å². The summed E-state index contributed by atoms with van der Waals surface area (Å²) in [6, 6.07) is -0.238. The average molecular weight is 459 g/mol. The number of nitrogens with one attached hydrogen (secondary N) is 2. The van der Waals surface area contributed by atoms with Gasteiger partial charge in [-0.1, -0.05) is 5.16 Å². The largest absolute Gasteiger partial charge is 0.374 e. The first-order chi connectivity index (χ1) is 15.7. The third-order valence-electron chi connectivity index (χ3n) is 6.80. The highest BCUT2D eigenvalue weighted by Gasteiger charge is 2.62. The van der Waals surface area contributed by atoms with Crippen molar-refractivity contribution in [1.29, 1.82) is 0 Å². The number of ether oxygens (including phenoxy) is 1. The van der Waals surface area contributed by atoms with Crippen LogP contribution in [0.4, 0.5) is 14.9 Å². The fourth-order valence-corrected chi connectivity index (χ4v) is 5.14. The number of carbonyl (C=O) groups is 4. The van der Waals surface area contributed by atoms with E-state index in [2.05, 4.69) is 15.8 Å². The zero-order valence-corrected chi connectivity index (χ0v) is 18.2. The number of benzene rings is 1. The molecule has 3 aliphatic heterocycles. The van der Waals surface area contributed by atoms with E-state index in [4.69, 9.17) is 9.26 Å². The van der Waals surface area contributed by atoms with Crippen LogP contribution in [0.5, 0.6) is 0 Å². The number of hydrogen-bond donors (Lipinski definition) is 2. The van der Waals surface area contributed by atoms with Crippen LogP contribution < -0.4 is 15.5 Å². The molecule has 5 rings (SSSR count). The van der Waals surface area contributed by atoms with Crippen LogP contribution in [-0.4, -0.2) is 72.7 Å². The molecule has 33 heavy (non-hydrogen) atoms. The Morgan fingerprint density at radius 3 is 2.70 bits per heavy atom. The van der Waals surface area contributed by atoms with Gasteiger partial charge in [-0.05, 0) is 25.5 Å². The number of hydrogen-bond acceptors (Lipinski definition) is 8. The molecule has 5 amide bonds. The fraction of sp³-hybridized carbons (Fsp3) is 0.476. The molecule has 2 N–H and O–H groups in total. The monoisotopic (exact) mass is 459 g/mol. The SMILES string of the molecule is CCN(C)C(=O)c1noc2c(F)c3c(cc12)CC1(C(=O)NC(=O)NC1=O)[C@H]1[C@H](C)OCCN31. The molecule has 12 heteroatoms. The van der Waals surface area contributed by atoms with E-state index in [-0.39, 0.29) is 41.9 Å². The Hall–Kier alpha value is -3.54. The normalized spacial score (nSPS) is 23.8. The number of rotatable bonds is 2. The first-order valence-electron chi connectivity index (χ1n) is 10.6. The molecule has 1 aromatic heterocycles. The molecular weight excluding hydrogens is 437 g/mol. The predicted molar refractivity (Wildman–Crippen MR) is 111 cm³/mol. The molecule has 3 aliphatic rings. The van der Waals surface area contributed by atoms with Gasteiger partial charge in [0.1, 0.15) is 0 Å². The molecule has 0 saturated carbocycles. The van der Waals surface area contributed by atoms with Crippen LogP contribution in [0.3, 0.4) is 0 Å². The van der Waals surface area contributed by atoms with Crippen LogP contribution in [-0.2, 0) is 20.7 Å². The minimum absolute atomic E-state index is 0.0599. The number of fused-ring (bicyclic) bond motifs is 5. The van der Waals surface area contributed by atoms with E-state index in [1.165, 1.54) is 11.0 Å².